The number of hydrogen-bond donors (Lipinski definition) is 0. The van der Waals surface area contributed by atoms with Crippen molar-refractivity contribution < 1.29 is 9.13 Å². The van der Waals surface area contributed by atoms with Crippen LogP contribution in [0, 0.1) is 17.2 Å². The van der Waals surface area contributed by atoms with Crippen molar-refractivity contribution in [2.24, 2.45) is 5.92 Å². The Morgan fingerprint density at radius 2 is 1.88 bits per heavy atom. The van der Waals surface area contributed by atoms with Gasteiger partial charge in [-0.25, -0.2) is 0 Å². The van der Waals surface area contributed by atoms with Crippen LogP contribution in [0.1, 0.15) is 63.0 Å². The van der Waals surface area contributed by atoms with Crippen molar-refractivity contribution in [2.75, 3.05) is 0 Å². The number of nitriles is 1. The van der Waals surface area contributed by atoms with Gasteiger partial charge in [-0.2, -0.15) is 9.65 Å². The van der Waals surface area contributed by atoms with E-state index >= 15 is 0 Å². The zero-order chi connectivity index (χ0) is 17.2. The van der Waals surface area contributed by atoms with Gasteiger partial charge in [0.15, 0.2) is 5.83 Å². The molecular weight excluding hydrogens is 301 g/mol. The van der Waals surface area contributed by atoms with Crippen molar-refractivity contribution in [1.29, 1.82) is 5.26 Å². The quantitative estimate of drug-likeness (QED) is 0.559. The molecule has 1 aromatic rings. The second kappa shape index (κ2) is 10.3. The molecule has 0 heterocycles. The van der Waals surface area contributed by atoms with Gasteiger partial charge in [0.1, 0.15) is 6.07 Å². The predicted molar refractivity (Wildman–Crippen MR) is 95.0 cm³/mol. The fourth-order valence-electron chi connectivity index (χ4n) is 3.38. The summed E-state index contributed by atoms with van der Waals surface area (Å²) < 4.78 is 18.8. The molecule has 0 aliphatic heterocycles. The van der Waals surface area contributed by atoms with Crippen LogP contribution < -0.4 is 0 Å². The molecule has 0 N–H and O–H groups in total. The van der Waals surface area contributed by atoms with E-state index < -0.39 is 5.83 Å². The van der Waals surface area contributed by atoms with Gasteiger partial charge in [-0.3, -0.25) is 0 Å². The van der Waals surface area contributed by atoms with Gasteiger partial charge in [0.2, 0.25) is 0 Å². The minimum absolute atomic E-state index is 0.350. The molecule has 0 amide bonds. The highest BCUT2D eigenvalue weighted by Crippen LogP contribution is 2.30. The van der Waals surface area contributed by atoms with Crippen molar-refractivity contribution >= 4 is 0 Å². The lowest BCUT2D eigenvalue weighted by Crippen LogP contribution is -2.21. The van der Waals surface area contributed by atoms with Crippen LogP contribution in [0.25, 0.3) is 0 Å². The lowest BCUT2D eigenvalue weighted by molar-refractivity contribution is 0.00645. The Kier molecular flexibility index (Phi) is 7.98. The fraction of sp³-hybridized carbons (Fsp3) is 0.571. The number of nitrogens with zero attached hydrogens (tertiary/aromatic N) is 1. The molecule has 3 heteroatoms. The maximum atomic E-state index is 12.8. The molecule has 0 saturated heterocycles. The number of ether oxygens (including phenoxy) is 1. The van der Waals surface area contributed by atoms with Crippen molar-refractivity contribution in [3.05, 3.63) is 47.3 Å². The Bertz CT molecular complexity index is 550. The molecule has 0 radical (unpaired) electrons. The van der Waals surface area contributed by atoms with Crippen LogP contribution in [0.15, 0.2) is 36.2 Å². The summed E-state index contributed by atoms with van der Waals surface area (Å²) in [5, 5.41) is 8.39. The summed E-state index contributed by atoms with van der Waals surface area (Å²) in [7, 11) is 0. The molecule has 1 fully saturated rings. The molecule has 2 rings (SSSR count). The van der Waals surface area contributed by atoms with E-state index in [-0.39, 0.29) is 0 Å². The van der Waals surface area contributed by atoms with Crippen molar-refractivity contribution in [2.45, 2.75) is 71.0 Å². The first-order valence-electron chi connectivity index (χ1n) is 9.16. The van der Waals surface area contributed by atoms with E-state index in [1.165, 1.54) is 29.7 Å². The Balaban J connectivity index is 1.65. The zero-order valence-electron chi connectivity index (χ0n) is 14.6. The summed E-state index contributed by atoms with van der Waals surface area (Å²) in [5.41, 5.74) is 2.64. The Morgan fingerprint density at radius 3 is 2.50 bits per heavy atom. The van der Waals surface area contributed by atoms with E-state index in [2.05, 4.69) is 31.2 Å². The zero-order valence-corrected chi connectivity index (χ0v) is 14.6. The van der Waals surface area contributed by atoms with E-state index in [0.29, 0.717) is 25.0 Å². The second-order valence-corrected chi connectivity index (χ2v) is 6.76. The molecule has 1 aliphatic carbocycles. The van der Waals surface area contributed by atoms with E-state index in [1.807, 2.05) is 0 Å². The third kappa shape index (κ3) is 6.45. The number of aryl methyl sites for hydroxylation is 1. The topological polar surface area (TPSA) is 33.0 Å². The molecular formula is C21H28FNO. The standard InChI is InChI=1S/C21H28FNO/c1-2-4-17-7-9-19(10-8-17)16-24-21-13-11-18(12-14-21)5-3-6-20(22)15-23/h6-10,18,21H,2-5,11-14,16H2,1H3/b20-6-. The fourth-order valence-corrected chi connectivity index (χ4v) is 3.38. The monoisotopic (exact) mass is 329 g/mol. The molecule has 24 heavy (non-hydrogen) atoms. The molecule has 2 nitrogen and oxygen atoms in total. The van der Waals surface area contributed by atoms with Crippen LogP contribution in [0.2, 0.25) is 0 Å². The smallest absolute Gasteiger partial charge is 0.196 e. The van der Waals surface area contributed by atoms with Gasteiger partial charge in [-0.05, 0) is 68.1 Å². The highest BCUT2D eigenvalue weighted by atomic mass is 19.1. The van der Waals surface area contributed by atoms with E-state index in [0.717, 1.165) is 38.5 Å². The van der Waals surface area contributed by atoms with Gasteiger partial charge in [-0.15, -0.1) is 0 Å². The highest BCUT2D eigenvalue weighted by Gasteiger charge is 2.21. The maximum Gasteiger partial charge on any atom is 0.196 e. The first-order chi connectivity index (χ1) is 11.7. The number of allylic oxidation sites excluding steroid dienone is 2. The van der Waals surface area contributed by atoms with Crippen molar-refractivity contribution in [3.8, 4) is 6.07 Å². The van der Waals surface area contributed by atoms with Crippen molar-refractivity contribution in [1.82, 2.24) is 0 Å². The largest absolute Gasteiger partial charge is 0.374 e. The Hall–Kier alpha value is -1.66. The molecule has 0 atom stereocenters. The average Bonchev–Trinajstić information content (AvgIpc) is 2.62. The molecule has 0 unspecified atom stereocenters. The molecule has 1 aromatic carbocycles. The normalized spacial score (nSPS) is 21.5. The van der Waals surface area contributed by atoms with Crippen LogP contribution in [-0.4, -0.2) is 6.10 Å². The van der Waals surface area contributed by atoms with Gasteiger partial charge in [0.05, 0.1) is 12.7 Å². The summed E-state index contributed by atoms with van der Waals surface area (Å²) in [6.45, 7) is 2.89. The van der Waals surface area contributed by atoms with Crippen LogP contribution in [0.3, 0.4) is 0 Å². The van der Waals surface area contributed by atoms with Crippen LogP contribution in [-0.2, 0) is 17.8 Å². The summed E-state index contributed by atoms with van der Waals surface area (Å²) >= 11 is 0. The molecule has 1 saturated carbocycles. The summed E-state index contributed by atoms with van der Waals surface area (Å²) in [4.78, 5) is 0. The number of rotatable bonds is 8. The van der Waals surface area contributed by atoms with Gasteiger partial charge < -0.3 is 4.74 Å². The van der Waals surface area contributed by atoms with Gasteiger partial charge >= 0.3 is 0 Å². The first kappa shape index (κ1) is 18.7. The number of benzene rings is 1. The van der Waals surface area contributed by atoms with E-state index in [4.69, 9.17) is 10.00 Å². The number of hydrogen-bond acceptors (Lipinski definition) is 2. The lowest BCUT2D eigenvalue weighted by Gasteiger charge is -2.28. The first-order valence-corrected chi connectivity index (χ1v) is 9.16. The lowest BCUT2D eigenvalue weighted by atomic mass is 9.84. The molecule has 0 bridgehead atoms. The Morgan fingerprint density at radius 1 is 1.21 bits per heavy atom. The maximum absolute atomic E-state index is 12.8. The average molecular weight is 329 g/mol. The highest BCUT2D eigenvalue weighted by molar-refractivity contribution is 5.22. The Labute approximate surface area is 145 Å². The molecule has 0 aromatic heterocycles. The predicted octanol–water partition coefficient (Wildman–Crippen LogP) is 5.87. The van der Waals surface area contributed by atoms with Gasteiger partial charge in [0.25, 0.3) is 0 Å². The minimum Gasteiger partial charge on any atom is -0.374 e. The van der Waals surface area contributed by atoms with Crippen LogP contribution >= 0.6 is 0 Å². The summed E-state index contributed by atoms with van der Waals surface area (Å²) in [6.07, 6.45) is 10.2. The minimum atomic E-state index is -0.656. The number of halogens is 1. The summed E-state index contributed by atoms with van der Waals surface area (Å²) in [5.74, 6) is -0.0158. The third-order valence-electron chi connectivity index (χ3n) is 4.85. The molecule has 1 aliphatic rings. The van der Waals surface area contributed by atoms with Crippen LogP contribution in [0.4, 0.5) is 4.39 Å². The summed E-state index contributed by atoms with van der Waals surface area (Å²) in [6, 6.07) is 10.3. The van der Waals surface area contributed by atoms with Gasteiger partial charge in [-0.1, -0.05) is 37.6 Å². The molecule has 130 valence electrons. The van der Waals surface area contributed by atoms with Crippen LogP contribution in [0.5, 0.6) is 0 Å². The third-order valence-corrected chi connectivity index (χ3v) is 4.85. The SMILES string of the molecule is CCCc1ccc(COC2CCC(CC/C=C(\F)C#N)CC2)cc1. The van der Waals surface area contributed by atoms with Gasteiger partial charge in [0, 0.05) is 0 Å². The van der Waals surface area contributed by atoms with Crippen molar-refractivity contribution in [3.63, 3.8) is 0 Å². The molecule has 0 spiro atoms. The second-order valence-electron chi connectivity index (χ2n) is 6.76. The van der Waals surface area contributed by atoms with E-state index in [9.17, 15) is 4.39 Å². The van der Waals surface area contributed by atoms with E-state index in [1.54, 1.807) is 0 Å².